The maximum Gasteiger partial charge on any atom is 0.246 e. The standard InChI is InChI=1S/C27H36N4O4/c1-34-20-25(32)29-24(23-5-3-4-14-28-23)10-15-30-16-11-27(12-17-30)13-18-31(26(27)33)19-21-6-8-22(35-2)9-7-21/h3-9,14,24H,10-13,15-20H2,1-2H3,(H,29,32). The molecule has 0 radical (unpaired) electrons. The number of carbonyl (C=O) groups is 2. The molecule has 0 aliphatic carbocycles. The number of nitrogens with one attached hydrogen (secondary N) is 1. The third-order valence-electron chi connectivity index (χ3n) is 7.34. The smallest absolute Gasteiger partial charge is 0.246 e. The Kier molecular flexibility index (Phi) is 8.36. The van der Waals surface area contributed by atoms with Crippen LogP contribution in [0.5, 0.6) is 5.75 Å². The molecule has 1 unspecified atom stereocenters. The van der Waals surface area contributed by atoms with Crippen LogP contribution in [0.25, 0.3) is 0 Å². The van der Waals surface area contributed by atoms with Gasteiger partial charge in [0.2, 0.25) is 11.8 Å². The minimum absolute atomic E-state index is 0.0324. The fraction of sp³-hybridized carbons (Fsp3) is 0.519. The van der Waals surface area contributed by atoms with Crippen molar-refractivity contribution in [1.82, 2.24) is 20.1 Å². The van der Waals surface area contributed by atoms with E-state index in [2.05, 4.69) is 15.2 Å². The summed E-state index contributed by atoms with van der Waals surface area (Å²) in [5.74, 6) is 0.981. The molecular weight excluding hydrogens is 444 g/mol. The Labute approximate surface area is 207 Å². The van der Waals surface area contributed by atoms with E-state index in [0.717, 1.165) is 68.9 Å². The van der Waals surface area contributed by atoms with Crippen molar-refractivity contribution >= 4 is 11.8 Å². The molecule has 0 saturated carbocycles. The van der Waals surface area contributed by atoms with Crippen molar-refractivity contribution in [2.45, 2.75) is 38.3 Å². The Morgan fingerprint density at radius 3 is 2.49 bits per heavy atom. The van der Waals surface area contributed by atoms with Crippen molar-refractivity contribution < 1.29 is 19.1 Å². The van der Waals surface area contributed by atoms with E-state index in [9.17, 15) is 9.59 Å². The first-order valence-electron chi connectivity index (χ1n) is 12.4. The summed E-state index contributed by atoms with van der Waals surface area (Å²) >= 11 is 0. The van der Waals surface area contributed by atoms with Crippen LogP contribution >= 0.6 is 0 Å². The number of rotatable bonds is 10. The van der Waals surface area contributed by atoms with E-state index < -0.39 is 0 Å². The lowest BCUT2D eigenvalue weighted by Crippen LogP contribution is -2.45. The van der Waals surface area contributed by atoms with Crippen LogP contribution in [-0.4, -0.2) is 73.6 Å². The van der Waals surface area contributed by atoms with Gasteiger partial charge in [0.25, 0.3) is 0 Å². The first kappa shape index (κ1) is 25.1. The zero-order valence-corrected chi connectivity index (χ0v) is 20.7. The molecule has 2 amide bonds. The van der Waals surface area contributed by atoms with Crippen LogP contribution in [0.3, 0.4) is 0 Å². The van der Waals surface area contributed by atoms with E-state index >= 15 is 0 Å². The summed E-state index contributed by atoms with van der Waals surface area (Å²) in [6.07, 6.45) is 5.21. The summed E-state index contributed by atoms with van der Waals surface area (Å²) in [7, 11) is 3.17. The first-order valence-corrected chi connectivity index (χ1v) is 12.4. The van der Waals surface area contributed by atoms with E-state index in [-0.39, 0.29) is 24.0 Å². The number of likely N-dealkylation sites (tertiary alicyclic amines) is 2. The number of pyridine rings is 1. The normalized spacial score (nSPS) is 18.6. The molecule has 1 aromatic heterocycles. The third-order valence-corrected chi connectivity index (χ3v) is 7.34. The summed E-state index contributed by atoms with van der Waals surface area (Å²) < 4.78 is 10.2. The Balaban J connectivity index is 1.29. The number of amides is 2. The molecular formula is C27H36N4O4. The molecule has 2 saturated heterocycles. The molecule has 4 rings (SSSR count). The third kappa shape index (κ3) is 6.18. The van der Waals surface area contributed by atoms with Gasteiger partial charge in [-0.05, 0) is 68.6 Å². The molecule has 8 heteroatoms. The molecule has 8 nitrogen and oxygen atoms in total. The van der Waals surface area contributed by atoms with Crippen LogP contribution in [0.4, 0.5) is 0 Å². The van der Waals surface area contributed by atoms with Gasteiger partial charge in [0.15, 0.2) is 0 Å². The lowest BCUT2D eigenvalue weighted by molar-refractivity contribution is -0.139. The van der Waals surface area contributed by atoms with Crippen LogP contribution in [0, 0.1) is 5.41 Å². The number of hydrogen-bond acceptors (Lipinski definition) is 6. The van der Waals surface area contributed by atoms with Crippen LogP contribution in [0.1, 0.15) is 43.0 Å². The maximum absolute atomic E-state index is 13.4. The molecule has 3 heterocycles. The van der Waals surface area contributed by atoms with Crippen molar-refractivity contribution in [2.24, 2.45) is 5.41 Å². The highest BCUT2D eigenvalue weighted by Gasteiger charge is 2.47. The molecule has 1 spiro atoms. The van der Waals surface area contributed by atoms with Gasteiger partial charge in [-0.1, -0.05) is 18.2 Å². The second-order valence-electron chi connectivity index (χ2n) is 9.54. The molecule has 1 aromatic carbocycles. The predicted octanol–water partition coefficient (Wildman–Crippen LogP) is 2.80. The number of benzene rings is 1. The van der Waals surface area contributed by atoms with Gasteiger partial charge < -0.3 is 24.6 Å². The van der Waals surface area contributed by atoms with E-state index in [1.54, 1.807) is 13.3 Å². The van der Waals surface area contributed by atoms with E-state index in [4.69, 9.17) is 9.47 Å². The second-order valence-corrected chi connectivity index (χ2v) is 9.54. The number of methoxy groups -OCH3 is 2. The molecule has 35 heavy (non-hydrogen) atoms. The summed E-state index contributed by atoms with van der Waals surface area (Å²) in [6.45, 7) is 4.13. The Morgan fingerprint density at radius 1 is 1.09 bits per heavy atom. The molecule has 0 bridgehead atoms. The van der Waals surface area contributed by atoms with Crippen molar-refractivity contribution in [3.05, 3.63) is 59.9 Å². The Hall–Kier alpha value is -2.97. The minimum Gasteiger partial charge on any atom is -0.497 e. The Bertz CT molecular complexity index is 974. The molecule has 1 N–H and O–H groups in total. The second kappa shape index (κ2) is 11.6. The van der Waals surface area contributed by atoms with Gasteiger partial charge in [0, 0.05) is 32.9 Å². The van der Waals surface area contributed by atoms with Gasteiger partial charge in [0.1, 0.15) is 12.4 Å². The van der Waals surface area contributed by atoms with Crippen molar-refractivity contribution in [3.8, 4) is 5.75 Å². The number of ether oxygens (including phenoxy) is 2. The highest BCUT2D eigenvalue weighted by atomic mass is 16.5. The van der Waals surface area contributed by atoms with Gasteiger partial charge >= 0.3 is 0 Å². The number of hydrogen-bond donors (Lipinski definition) is 1. The van der Waals surface area contributed by atoms with E-state index in [0.29, 0.717) is 12.5 Å². The lowest BCUT2D eigenvalue weighted by atomic mass is 9.77. The molecule has 2 aromatic rings. The van der Waals surface area contributed by atoms with Gasteiger partial charge in [-0.3, -0.25) is 14.6 Å². The maximum atomic E-state index is 13.4. The zero-order valence-electron chi connectivity index (χ0n) is 20.7. The van der Waals surface area contributed by atoms with Gasteiger partial charge in [-0.2, -0.15) is 0 Å². The summed E-state index contributed by atoms with van der Waals surface area (Å²) in [5.41, 5.74) is 1.76. The van der Waals surface area contributed by atoms with Gasteiger partial charge in [-0.15, -0.1) is 0 Å². The minimum atomic E-state index is -0.226. The van der Waals surface area contributed by atoms with Crippen LogP contribution < -0.4 is 10.1 Å². The highest BCUT2D eigenvalue weighted by molar-refractivity contribution is 5.85. The van der Waals surface area contributed by atoms with Gasteiger partial charge in [-0.25, -0.2) is 0 Å². The number of piperidine rings is 1. The monoisotopic (exact) mass is 480 g/mol. The molecule has 2 aliphatic heterocycles. The first-order chi connectivity index (χ1) is 17.0. The quantitative estimate of drug-likeness (QED) is 0.563. The molecule has 2 fully saturated rings. The summed E-state index contributed by atoms with van der Waals surface area (Å²) in [5, 5.41) is 3.04. The van der Waals surface area contributed by atoms with Crippen molar-refractivity contribution in [2.75, 3.05) is 47.0 Å². The molecule has 1 atom stereocenters. The topological polar surface area (TPSA) is 84.0 Å². The van der Waals surface area contributed by atoms with Crippen LogP contribution in [-0.2, 0) is 20.9 Å². The fourth-order valence-corrected chi connectivity index (χ4v) is 5.22. The highest BCUT2D eigenvalue weighted by Crippen LogP contribution is 2.42. The fourth-order valence-electron chi connectivity index (χ4n) is 5.22. The van der Waals surface area contributed by atoms with Crippen molar-refractivity contribution in [3.63, 3.8) is 0 Å². The number of nitrogens with zero attached hydrogens (tertiary/aromatic N) is 3. The van der Waals surface area contributed by atoms with E-state index in [1.165, 1.54) is 7.11 Å². The predicted molar refractivity (Wildman–Crippen MR) is 133 cm³/mol. The lowest BCUT2D eigenvalue weighted by Gasteiger charge is -2.38. The average Bonchev–Trinajstić information content (AvgIpc) is 3.18. The average molecular weight is 481 g/mol. The van der Waals surface area contributed by atoms with Crippen molar-refractivity contribution in [1.29, 1.82) is 0 Å². The summed E-state index contributed by atoms with van der Waals surface area (Å²) in [4.78, 5) is 34.4. The molecule has 2 aliphatic rings. The largest absolute Gasteiger partial charge is 0.497 e. The molecule has 188 valence electrons. The van der Waals surface area contributed by atoms with Gasteiger partial charge in [0.05, 0.1) is 24.3 Å². The SMILES string of the molecule is COCC(=O)NC(CCN1CCC2(CC1)CCN(Cc1ccc(OC)cc1)C2=O)c1ccccn1. The van der Waals surface area contributed by atoms with E-state index in [1.807, 2.05) is 47.4 Å². The van der Waals surface area contributed by atoms with Crippen LogP contribution in [0.2, 0.25) is 0 Å². The Morgan fingerprint density at radius 2 is 1.83 bits per heavy atom. The zero-order chi connectivity index (χ0) is 24.7. The number of carbonyl (C=O) groups excluding carboxylic acids is 2. The summed E-state index contributed by atoms with van der Waals surface area (Å²) in [6, 6.07) is 13.5. The number of aromatic nitrogens is 1. The van der Waals surface area contributed by atoms with Crippen LogP contribution in [0.15, 0.2) is 48.7 Å².